The van der Waals surface area contributed by atoms with Crippen molar-refractivity contribution in [2.45, 2.75) is 55.9 Å². The summed E-state index contributed by atoms with van der Waals surface area (Å²) in [5.74, 6) is 0.306. The summed E-state index contributed by atoms with van der Waals surface area (Å²) in [6.07, 6.45) is 5.28. The van der Waals surface area contributed by atoms with E-state index >= 15 is 0 Å². The van der Waals surface area contributed by atoms with Gasteiger partial charge in [-0.1, -0.05) is 19.1 Å². The minimum absolute atomic E-state index is 0.122. The van der Waals surface area contributed by atoms with Crippen molar-refractivity contribution in [1.82, 2.24) is 10.2 Å². The van der Waals surface area contributed by atoms with Gasteiger partial charge in [-0.2, -0.15) is 0 Å². The third-order valence-electron chi connectivity index (χ3n) is 7.01. The van der Waals surface area contributed by atoms with E-state index in [1.165, 1.54) is 23.9 Å². The number of ketones is 1. The van der Waals surface area contributed by atoms with Gasteiger partial charge in [-0.15, -0.1) is 11.8 Å². The topological polar surface area (TPSA) is 82.0 Å². The lowest BCUT2D eigenvalue weighted by Crippen LogP contribution is -2.53. The number of nitrogens with zero attached hydrogens (tertiary/aromatic N) is 2. The zero-order valence-corrected chi connectivity index (χ0v) is 18.2. The number of amides is 2. The monoisotopic (exact) mass is 443 g/mol. The second kappa shape index (κ2) is 7.74. The zero-order chi connectivity index (χ0) is 21.8. The number of aliphatic hydroxyl groups is 1. The summed E-state index contributed by atoms with van der Waals surface area (Å²) in [6.45, 7) is 2.72. The highest BCUT2D eigenvalue weighted by Crippen LogP contribution is 2.67. The Balaban J connectivity index is 1.29. The number of fused-ring (bicyclic) bond motifs is 2. The highest BCUT2D eigenvalue weighted by Gasteiger charge is 2.78. The maximum absolute atomic E-state index is 13.6. The van der Waals surface area contributed by atoms with E-state index in [0.29, 0.717) is 24.7 Å². The number of aliphatic hydroxyl groups excluding tert-OH is 1. The molecule has 1 aromatic carbocycles. The molecule has 6 nitrogen and oxygen atoms in total. The van der Waals surface area contributed by atoms with Crippen molar-refractivity contribution in [2.24, 2.45) is 16.8 Å². The molecule has 8 heteroatoms. The fourth-order valence-electron chi connectivity index (χ4n) is 5.04. The molecule has 31 heavy (non-hydrogen) atoms. The van der Waals surface area contributed by atoms with Crippen LogP contribution in [0.3, 0.4) is 0 Å². The van der Waals surface area contributed by atoms with Gasteiger partial charge in [0, 0.05) is 23.7 Å². The molecule has 2 aliphatic carbocycles. The van der Waals surface area contributed by atoms with Crippen LogP contribution in [0, 0.1) is 17.7 Å². The molecular weight excluding hydrogens is 417 g/mol. The second-order valence-electron chi connectivity index (χ2n) is 9.06. The number of benzene rings is 1. The third-order valence-corrected chi connectivity index (χ3v) is 8.59. The molecule has 2 heterocycles. The van der Waals surface area contributed by atoms with Crippen LogP contribution in [0.4, 0.5) is 9.18 Å². The number of carbonyl (C=O) groups is 2. The van der Waals surface area contributed by atoms with Gasteiger partial charge in [-0.3, -0.25) is 10.1 Å². The number of Topliss-reactive ketones (excluding diaryl/α,β-unsaturated/α-hetero) is 1. The molecule has 5 rings (SSSR count). The van der Waals surface area contributed by atoms with Gasteiger partial charge in [0.05, 0.1) is 5.92 Å². The van der Waals surface area contributed by atoms with Gasteiger partial charge in [0.2, 0.25) is 0 Å². The third kappa shape index (κ3) is 3.49. The predicted octanol–water partition coefficient (Wildman–Crippen LogP) is 3.26. The van der Waals surface area contributed by atoms with E-state index in [1.54, 1.807) is 12.3 Å². The molecule has 2 amide bonds. The lowest BCUT2D eigenvalue weighted by Gasteiger charge is -2.38. The Morgan fingerprint density at radius 2 is 2.10 bits per heavy atom. The van der Waals surface area contributed by atoms with E-state index in [1.807, 2.05) is 11.0 Å². The highest BCUT2D eigenvalue weighted by atomic mass is 32.2. The molecule has 0 aromatic heterocycles. The predicted molar refractivity (Wildman–Crippen MR) is 117 cm³/mol. The second-order valence-corrected chi connectivity index (χ2v) is 10.4. The van der Waals surface area contributed by atoms with Crippen molar-refractivity contribution in [3.63, 3.8) is 0 Å². The summed E-state index contributed by atoms with van der Waals surface area (Å²) in [7, 11) is 0. The first kappa shape index (κ1) is 20.7. The van der Waals surface area contributed by atoms with Crippen LogP contribution in [0.2, 0.25) is 0 Å². The summed E-state index contributed by atoms with van der Waals surface area (Å²) in [5.41, 5.74) is 0.852. The standard InChI is InChI=1S/C23H26FN3O3S/c1-13-5-7-16(8-6-13)27(10-9-14-3-2-4-15(24)11-14)22(30)26-21-18-17(12-25-21)31-23(18)19(28)20(23)29/h2-4,11-13,16,18-19,28H,5-10H2,1H3,(H,25,26,30). The molecule has 0 bridgehead atoms. The van der Waals surface area contributed by atoms with Gasteiger partial charge in [0.15, 0.2) is 5.78 Å². The Bertz CT molecular complexity index is 988. The summed E-state index contributed by atoms with van der Waals surface area (Å²) >= 11 is 1.35. The zero-order valence-electron chi connectivity index (χ0n) is 17.4. The summed E-state index contributed by atoms with van der Waals surface area (Å²) in [6, 6.07) is 6.36. The van der Waals surface area contributed by atoms with Crippen molar-refractivity contribution in [2.75, 3.05) is 6.54 Å². The number of halogens is 1. The Labute approximate surface area is 185 Å². The minimum Gasteiger partial charge on any atom is -0.383 e. The summed E-state index contributed by atoms with van der Waals surface area (Å²) in [5, 5.41) is 12.9. The van der Waals surface area contributed by atoms with Crippen LogP contribution in [0.5, 0.6) is 0 Å². The van der Waals surface area contributed by atoms with Crippen LogP contribution in [0.15, 0.2) is 40.4 Å². The smallest absolute Gasteiger partial charge is 0.323 e. The molecule has 2 aliphatic heterocycles. The summed E-state index contributed by atoms with van der Waals surface area (Å²) < 4.78 is 12.7. The first-order chi connectivity index (χ1) is 14.9. The molecule has 0 radical (unpaired) electrons. The Morgan fingerprint density at radius 1 is 1.35 bits per heavy atom. The van der Waals surface area contributed by atoms with E-state index in [2.05, 4.69) is 17.2 Å². The van der Waals surface area contributed by atoms with Crippen molar-refractivity contribution in [3.8, 4) is 0 Å². The van der Waals surface area contributed by atoms with Crippen LogP contribution in [-0.2, 0) is 11.2 Å². The fraction of sp³-hybridized carbons (Fsp3) is 0.522. The first-order valence-electron chi connectivity index (χ1n) is 10.9. The maximum atomic E-state index is 13.6. The molecule has 4 aliphatic rings. The van der Waals surface area contributed by atoms with Crippen molar-refractivity contribution in [1.29, 1.82) is 0 Å². The molecule has 3 fully saturated rings. The molecule has 1 spiro atoms. The number of hydrogen-bond donors (Lipinski definition) is 2. The van der Waals surface area contributed by atoms with Gasteiger partial charge in [-0.25, -0.2) is 14.2 Å². The number of carbonyl (C=O) groups excluding carboxylic acids is 2. The van der Waals surface area contributed by atoms with Crippen LogP contribution < -0.4 is 5.32 Å². The van der Waals surface area contributed by atoms with Crippen molar-refractivity contribution < 1.29 is 19.1 Å². The van der Waals surface area contributed by atoms with E-state index in [9.17, 15) is 19.1 Å². The SMILES string of the molecule is CC1CCC(N(CCc2cccc(F)c2)C(=O)NC2=NC=C3SC4(C(=O)C4O)C32)CC1. The van der Waals surface area contributed by atoms with E-state index in [4.69, 9.17) is 0 Å². The minimum atomic E-state index is -0.983. The van der Waals surface area contributed by atoms with Crippen molar-refractivity contribution in [3.05, 3.63) is 46.8 Å². The van der Waals surface area contributed by atoms with Gasteiger partial charge >= 0.3 is 6.03 Å². The van der Waals surface area contributed by atoms with E-state index < -0.39 is 10.9 Å². The lowest BCUT2D eigenvalue weighted by molar-refractivity contribution is -0.113. The quantitative estimate of drug-likeness (QED) is 0.749. The van der Waals surface area contributed by atoms with Crippen LogP contribution in [-0.4, -0.2) is 51.1 Å². The molecule has 1 saturated heterocycles. The number of urea groups is 1. The average Bonchev–Trinajstić information content (AvgIpc) is 3.11. The average molecular weight is 444 g/mol. The number of thioether (sulfide) groups is 1. The molecule has 2 saturated carbocycles. The summed E-state index contributed by atoms with van der Waals surface area (Å²) in [4.78, 5) is 32.4. The van der Waals surface area contributed by atoms with E-state index in [0.717, 1.165) is 36.2 Å². The number of amidine groups is 1. The molecular formula is C23H26FN3O3S. The molecule has 2 N–H and O–H groups in total. The van der Waals surface area contributed by atoms with Gasteiger partial charge in [0.1, 0.15) is 22.5 Å². The molecule has 3 unspecified atom stereocenters. The Hall–Kier alpha value is -2.19. The van der Waals surface area contributed by atoms with Crippen LogP contribution in [0.1, 0.15) is 38.2 Å². The first-order valence-corrected chi connectivity index (χ1v) is 11.7. The van der Waals surface area contributed by atoms with Gasteiger partial charge in [-0.05, 0) is 55.7 Å². The number of aliphatic imine (C=N–C) groups is 1. The maximum Gasteiger partial charge on any atom is 0.323 e. The van der Waals surface area contributed by atoms with E-state index in [-0.39, 0.29) is 29.6 Å². The van der Waals surface area contributed by atoms with Gasteiger partial charge in [0.25, 0.3) is 0 Å². The largest absolute Gasteiger partial charge is 0.383 e. The van der Waals surface area contributed by atoms with Crippen LogP contribution >= 0.6 is 11.8 Å². The lowest BCUT2D eigenvalue weighted by atomic mass is 9.86. The molecule has 3 atom stereocenters. The number of rotatable bonds is 4. The molecule has 1 aromatic rings. The number of hydrogen-bond acceptors (Lipinski definition) is 5. The van der Waals surface area contributed by atoms with Crippen molar-refractivity contribution >= 4 is 29.4 Å². The highest BCUT2D eigenvalue weighted by molar-refractivity contribution is 8.07. The fourth-order valence-corrected chi connectivity index (χ4v) is 6.49. The Morgan fingerprint density at radius 3 is 2.77 bits per heavy atom. The van der Waals surface area contributed by atoms with Gasteiger partial charge < -0.3 is 10.0 Å². The molecule has 164 valence electrons. The number of nitrogens with one attached hydrogen (secondary N) is 1. The Kier molecular flexibility index (Phi) is 5.17. The van der Waals surface area contributed by atoms with Crippen LogP contribution in [0.25, 0.3) is 0 Å². The normalized spacial score (nSPS) is 33.3.